The van der Waals surface area contributed by atoms with Crippen LogP contribution in [0.15, 0.2) is 83.8 Å². The first kappa shape index (κ1) is 23.7. The number of amides is 2. The quantitative estimate of drug-likeness (QED) is 0.143. The van der Waals surface area contributed by atoms with Gasteiger partial charge in [0.25, 0.3) is 16.8 Å². The predicted molar refractivity (Wildman–Crippen MR) is 129 cm³/mol. The Bertz CT molecular complexity index is 1310. The van der Waals surface area contributed by atoms with Gasteiger partial charge in [-0.15, -0.1) is 0 Å². The highest BCUT2D eigenvalue weighted by atomic mass is 32.2. The molecule has 35 heavy (non-hydrogen) atoms. The van der Waals surface area contributed by atoms with Gasteiger partial charge in [-0.3, -0.25) is 24.6 Å². The summed E-state index contributed by atoms with van der Waals surface area (Å²) in [7, 11) is 0. The summed E-state index contributed by atoms with van der Waals surface area (Å²) in [5.74, 6) is -0.260. The number of nitro benzene ring substituents is 1. The van der Waals surface area contributed by atoms with E-state index >= 15 is 0 Å². The van der Waals surface area contributed by atoms with Crippen molar-refractivity contribution in [1.29, 1.82) is 0 Å². The number of nitrogens with zero attached hydrogens (tertiary/aromatic N) is 2. The molecular weight excluding hydrogens is 472 g/mol. The molecule has 3 aromatic carbocycles. The van der Waals surface area contributed by atoms with Gasteiger partial charge in [0.05, 0.1) is 21.9 Å². The van der Waals surface area contributed by atoms with Crippen LogP contribution >= 0.6 is 11.8 Å². The summed E-state index contributed by atoms with van der Waals surface area (Å²) in [5, 5.41) is 10.5. The van der Waals surface area contributed by atoms with Crippen LogP contribution in [0.1, 0.15) is 15.9 Å². The SMILES string of the molecule is O=C(Oc1ccc(/C=C2\SC(=O)N(CCOc3ccccc3)C2=O)cc1)c1cccc([N+](=O)[O-])c1. The van der Waals surface area contributed by atoms with E-state index in [1.807, 2.05) is 18.2 Å². The van der Waals surface area contributed by atoms with Crippen molar-refractivity contribution >= 4 is 40.6 Å². The van der Waals surface area contributed by atoms with Crippen LogP contribution in [0.25, 0.3) is 6.08 Å². The van der Waals surface area contributed by atoms with Crippen molar-refractivity contribution in [2.24, 2.45) is 0 Å². The van der Waals surface area contributed by atoms with Crippen molar-refractivity contribution < 1.29 is 28.8 Å². The molecule has 0 unspecified atom stereocenters. The van der Waals surface area contributed by atoms with Gasteiger partial charge in [0.2, 0.25) is 0 Å². The number of benzene rings is 3. The van der Waals surface area contributed by atoms with Crippen molar-refractivity contribution in [3.8, 4) is 11.5 Å². The molecule has 1 heterocycles. The van der Waals surface area contributed by atoms with Gasteiger partial charge in [-0.25, -0.2) is 4.79 Å². The first-order chi connectivity index (χ1) is 16.9. The lowest BCUT2D eigenvalue weighted by Crippen LogP contribution is -2.32. The standard InChI is InChI=1S/C25H18N2O7S/c28-23-22(35-25(30)26(23)13-14-33-20-7-2-1-3-8-20)15-17-9-11-21(12-10-17)34-24(29)18-5-4-6-19(16-18)27(31)32/h1-12,15-16H,13-14H2/b22-15-. The van der Waals surface area contributed by atoms with Gasteiger partial charge in [0.1, 0.15) is 18.1 Å². The van der Waals surface area contributed by atoms with Crippen LogP contribution in [-0.4, -0.2) is 40.1 Å². The van der Waals surface area contributed by atoms with E-state index in [-0.39, 0.29) is 40.3 Å². The van der Waals surface area contributed by atoms with Gasteiger partial charge < -0.3 is 9.47 Å². The van der Waals surface area contributed by atoms with Crippen molar-refractivity contribution in [3.63, 3.8) is 0 Å². The molecule has 1 saturated heterocycles. The molecule has 0 bridgehead atoms. The van der Waals surface area contributed by atoms with E-state index in [2.05, 4.69) is 0 Å². The van der Waals surface area contributed by atoms with Crippen LogP contribution in [0.3, 0.4) is 0 Å². The van der Waals surface area contributed by atoms with Crippen LogP contribution in [0.2, 0.25) is 0 Å². The predicted octanol–water partition coefficient (Wildman–Crippen LogP) is 4.93. The van der Waals surface area contributed by atoms with Gasteiger partial charge in [0, 0.05) is 12.1 Å². The largest absolute Gasteiger partial charge is 0.492 e. The maximum absolute atomic E-state index is 12.7. The molecule has 0 aromatic heterocycles. The molecule has 0 aliphatic carbocycles. The minimum absolute atomic E-state index is 0.0493. The van der Waals surface area contributed by atoms with E-state index in [4.69, 9.17) is 9.47 Å². The molecule has 0 radical (unpaired) electrons. The summed E-state index contributed by atoms with van der Waals surface area (Å²) in [6.07, 6.45) is 1.58. The second-order valence-electron chi connectivity index (χ2n) is 7.26. The zero-order valence-electron chi connectivity index (χ0n) is 18.2. The molecule has 4 rings (SSSR count). The number of rotatable bonds is 8. The second-order valence-corrected chi connectivity index (χ2v) is 8.25. The monoisotopic (exact) mass is 490 g/mol. The molecule has 3 aromatic rings. The van der Waals surface area contributed by atoms with Gasteiger partial charge in [0.15, 0.2) is 0 Å². The van der Waals surface area contributed by atoms with Gasteiger partial charge >= 0.3 is 5.97 Å². The van der Waals surface area contributed by atoms with E-state index in [0.29, 0.717) is 11.3 Å². The van der Waals surface area contributed by atoms with Crippen LogP contribution < -0.4 is 9.47 Å². The summed E-state index contributed by atoms with van der Waals surface area (Å²) >= 11 is 0.841. The Labute approximate surface area is 204 Å². The highest BCUT2D eigenvalue weighted by Crippen LogP contribution is 2.32. The molecule has 1 fully saturated rings. The number of imide groups is 1. The van der Waals surface area contributed by atoms with E-state index in [9.17, 15) is 24.5 Å². The lowest BCUT2D eigenvalue weighted by molar-refractivity contribution is -0.384. The maximum Gasteiger partial charge on any atom is 0.343 e. The Balaban J connectivity index is 1.36. The molecule has 1 aliphatic heterocycles. The molecule has 1 aliphatic rings. The Morgan fingerprint density at radius 2 is 1.71 bits per heavy atom. The van der Waals surface area contributed by atoms with Crippen LogP contribution in [-0.2, 0) is 4.79 Å². The number of para-hydroxylation sites is 1. The summed E-state index contributed by atoms with van der Waals surface area (Å²) in [5.41, 5.74) is 0.467. The third-order valence-electron chi connectivity index (χ3n) is 4.88. The molecular formula is C25H18N2O7S. The number of carbonyl (C=O) groups is 3. The highest BCUT2D eigenvalue weighted by molar-refractivity contribution is 8.18. The number of non-ortho nitro benzene ring substituents is 1. The number of thioether (sulfide) groups is 1. The topological polar surface area (TPSA) is 116 Å². The number of carbonyl (C=O) groups excluding carboxylic acids is 3. The van der Waals surface area contributed by atoms with Gasteiger partial charge in [-0.2, -0.15) is 0 Å². The highest BCUT2D eigenvalue weighted by Gasteiger charge is 2.34. The first-order valence-electron chi connectivity index (χ1n) is 10.4. The smallest absolute Gasteiger partial charge is 0.343 e. The van der Waals surface area contributed by atoms with Crippen molar-refractivity contribution in [1.82, 2.24) is 4.90 Å². The normalized spacial score (nSPS) is 14.3. The number of nitro groups is 1. The van der Waals surface area contributed by atoms with Gasteiger partial charge in [-0.05, 0) is 53.7 Å². The minimum Gasteiger partial charge on any atom is -0.492 e. The fraction of sp³-hybridized carbons (Fsp3) is 0.0800. The van der Waals surface area contributed by atoms with Crippen molar-refractivity contribution in [2.45, 2.75) is 0 Å². The summed E-state index contributed by atoms with van der Waals surface area (Å²) in [6, 6.07) is 20.7. The Kier molecular flexibility index (Phi) is 7.22. The Morgan fingerprint density at radius 3 is 2.43 bits per heavy atom. The number of ether oxygens (including phenoxy) is 2. The fourth-order valence-corrected chi connectivity index (χ4v) is 4.03. The van der Waals surface area contributed by atoms with Crippen LogP contribution in [0.4, 0.5) is 10.5 Å². The van der Waals surface area contributed by atoms with E-state index < -0.39 is 16.8 Å². The molecule has 0 atom stereocenters. The number of hydrogen-bond donors (Lipinski definition) is 0. The molecule has 0 N–H and O–H groups in total. The van der Waals surface area contributed by atoms with Crippen molar-refractivity contribution in [3.05, 3.63) is 105 Å². The fourth-order valence-electron chi connectivity index (χ4n) is 3.16. The minimum atomic E-state index is -0.736. The third kappa shape index (κ3) is 5.92. The Morgan fingerprint density at radius 1 is 0.971 bits per heavy atom. The molecule has 0 saturated carbocycles. The zero-order chi connectivity index (χ0) is 24.8. The van der Waals surface area contributed by atoms with E-state index in [0.717, 1.165) is 22.7 Å². The van der Waals surface area contributed by atoms with E-state index in [1.165, 1.54) is 30.3 Å². The summed E-state index contributed by atoms with van der Waals surface area (Å²) in [6.45, 7) is 0.309. The maximum atomic E-state index is 12.7. The van der Waals surface area contributed by atoms with Crippen LogP contribution in [0.5, 0.6) is 11.5 Å². The zero-order valence-corrected chi connectivity index (χ0v) is 19.0. The van der Waals surface area contributed by atoms with Gasteiger partial charge in [-0.1, -0.05) is 36.4 Å². The average Bonchev–Trinajstić information content (AvgIpc) is 3.13. The lowest BCUT2D eigenvalue weighted by Gasteiger charge is -2.13. The molecule has 0 spiro atoms. The van der Waals surface area contributed by atoms with E-state index in [1.54, 1.807) is 30.3 Å². The first-order valence-corrected chi connectivity index (χ1v) is 11.2. The molecule has 9 nitrogen and oxygen atoms in total. The van der Waals surface area contributed by atoms with Crippen molar-refractivity contribution in [2.75, 3.05) is 13.2 Å². The molecule has 176 valence electrons. The number of esters is 1. The number of hydrogen-bond acceptors (Lipinski definition) is 8. The molecule has 2 amide bonds. The summed E-state index contributed by atoms with van der Waals surface area (Å²) in [4.78, 5) is 48.9. The van der Waals surface area contributed by atoms with Crippen LogP contribution in [0, 0.1) is 10.1 Å². The Hall–Kier alpha value is -4.44. The third-order valence-corrected chi connectivity index (χ3v) is 5.79. The second kappa shape index (κ2) is 10.7. The molecule has 10 heteroatoms. The summed E-state index contributed by atoms with van der Waals surface area (Å²) < 4.78 is 10.8. The lowest BCUT2D eigenvalue weighted by atomic mass is 10.2. The average molecular weight is 490 g/mol.